The van der Waals surface area contributed by atoms with Crippen LogP contribution in [-0.2, 0) is 21.0 Å². The van der Waals surface area contributed by atoms with E-state index in [2.05, 4.69) is 6.92 Å². The van der Waals surface area contributed by atoms with Gasteiger partial charge in [0, 0.05) is 56.7 Å². The lowest BCUT2D eigenvalue weighted by atomic mass is 9.83. The van der Waals surface area contributed by atoms with Crippen molar-refractivity contribution < 1.29 is 34.1 Å². The molecule has 222 valence electrons. The zero-order valence-electron chi connectivity index (χ0n) is 23.6. The predicted octanol–water partition coefficient (Wildman–Crippen LogP) is 1.76. The van der Waals surface area contributed by atoms with E-state index < -0.39 is 23.8 Å². The molecule has 3 heterocycles. The molecule has 4 N–H and O–H groups in total. The first-order valence-electron chi connectivity index (χ1n) is 14.6. The van der Waals surface area contributed by atoms with Crippen molar-refractivity contribution in [3.8, 4) is 11.5 Å². The predicted molar refractivity (Wildman–Crippen MR) is 148 cm³/mol. The van der Waals surface area contributed by atoms with Crippen LogP contribution in [0.4, 0.5) is 0 Å². The van der Waals surface area contributed by atoms with Crippen LogP contribution in [0.15, 0.2) is 12.1 Å². The number of amides is 2. The highest BCUT2D eigenvalue weighted by Crippen LogP contribution is 2.44. The number of likely N-dealkylation sites (tertiary alicyclic amines) is 2. The Morgan fingerprint density at radius 1 is 1.18 bits per heavy atom. The quantitative estimate of drug-likeness (QED) is 0.310. The van der Waals surface area contributed by atoms with E-state index in [4.69, 9.17) is 15.2 Å². The second-order valence-electron chi connectivity index (χ2n) is 11.0. The molecule has 40 heavy (non-hydrogen) atoms. The third-order valence-corrected chi connectivity index (χ3v) is 8.42. The number of carbonyl (C=O) groups excluding carboxylic acids is 2. The zero-order valence-corrected chi connectivity index (χ0v) is 23.6. The molecule has 1 aromatic rings. The largest absolute Gasteiger partial charge is 0.481 e. The van der Waals surface area contributed by atoms with Gasteiger partial charge >= 0.3 is 5.97 Å². The van der Waals surface area contributed by atoms with Crippen molar-refractivity contribution in [3.63, 3.8) is 0 Å². The normalized spacial score (nSPS) is 22.6. The third-order valence-electron chi connectivity index (χ3n) is 8.42. The number of nitrogens with zero attached hydrogens (tertiary/aromatic N) is 3. The fourth-order valence-corrected chi connectivity index (χ4v) is 6.28. The minimum Gasteiger partial charge on any atom is -0.481 e. The lowest BCUT2D eigenvalue weighted by Crippen LogP contribution is -2.46. The molecule has 1 aromatic carbocycles. The summed E-state index contributed by atoms with van der Waals surface area (Å²) in [6.45, 7) is 5.17. The van der Waals surface area contributed by atoms with Crippen molar-refractivity contribution in [2.45, 2.75) is 70.4 Å². The first kappa shape index (κ1) is 30.1. The number of piperidine rings is 1. The Balaban J connectivity index is 1.62. The maximum Gasteiger partial charge on any atom is 0.308 e. The Labute approximate surface area is 236 Å². The molecule has 11 nitrogen and oxygen atoms in total. The molecule has 0 unspecified atom stereocenters. The molecule has 4 rings (SSSR count). The van der Waals surface area contributed by atoms with Crippen molar-refractivity contribution >= 4 is 17.8 Å². The molecule has 3 aliphatic rings. The van der Waals surface area contributed by atoms with Crippen LogP contribution in [0.3, 0.4) is 0 Å². The molecule has 0 radical (unpaired) electrons. The lowest BCUT2D eigenvalue weighted by Gasteiger charge is -2.32. The van der Waals surface area contributed by atoms with Crippen molar-refractivity contribution in [2.75, 3.05) is 52.6 Å². The van der Waals surface area contributed by atoms with Gasteiger partial charge in [-0.3, -0.25) is 19.3 Å². The van der Waals surface area contributed by atoms with Crippen LogP contribution < -0.4 is 15.2 Å². The van der Waals surface area contributed by atoms with E-state index >= 15 is 0 Å². The smallest absolute Gasteiger partial charge is 0.308 e. The average molecular weight is 561 g/mol. The number of rotatable bonds is 14. The number of aliphatic hydroxyl groups excluding tert-OH is 1. The fourth-order valence-electron chi connectivity index (χ4n) is 6.28. The van der Waals surface area contributed by atoms with Crippen LogP contribution in [0.1, 0.15) is 68.9 Å². The summed E-state index contributed by atoms with van der Waals surface area (Å²) >= 11 is 0. The van der Waals surface area contributed by atoms with Gasteiger partial charge in [0.05, 0.1) is 19.1 Å². The summed E-state index contributed by atoms with van der Waals surface area (Å²) in [5.74, 6) is -1.13. The van der Waals surface area contributed by atoms with Crippen LogP contribution >= 0.6 is 0 Å². The Hall–Kier alpha value is -2.89. The number of unbranched alkanes of at least 4 members (excludes halogenated alkanes) is 1. The Morgan fingerprint density at radius 2 is 1.98 bits per heavy atom. The van der Waals surface area contributed by atoms with E-state index in [1.54, 1.807) is 12.1 Å². The topological polar surface area (TPSA) is 146 Å². The van der Waals surface area contributed by atoms with E-state index in [1.165, 1.54) is 0 Å². The van der Waals surface area contributed by atoms with E-state index in [0.717, 1.165) is 31.2 Å². The number of fused-ring (bicyclic) bond motifs is 1. The number of carboxylic acid groups (broad SMARTS) is 1. The van der Waals surface area contributed by atoms with Crippen molar-refractivity contribution in [1.82, 2.24) is 14.7 Å². The van der Waals surface area contributed by atoms with Gasteiger partial charge in [0.25, 0.3) is 0 Å². The number of carbonyl (C=O) groups is 3. The van der Waals surface area contributed by atoms with Gasteiger partial charge in [-0.25, -0.2) is 0 Å². The van der Waals surface area contributed by atoms with Gasteiger partial charge in [-0.1, -0.05) is 13.3 Å². The Morgan fingerprint density at radius 3 is 2.67 bits per heavy atom. The van der Waals surface area contributed by atoms with Crippen LogP contribution in [-0.4, -0.2) is 101 Å². The number of ether oxygens (including phenoxy) is 2. The van der Waals surface area contributed by atoms with Crippen LogP contribution in [0.25, 0.3) is 0 Å². The van der Waals surface area contributed by atoms with E-state index in [-0.39, 0.29) is 31.8 Å². The highest BCUT2D eigenvalue weighted by Gasteiger charge is 2.47. The highest BCUT2D eigenvalue weighted by molar-refractivity contribution is 5.79. The van der Waals surface area contributed by atoms with Gasteiger partial charge in [-0.15, -0.1) is 0 Å². The Bertz CT molecular complexity index is 1040. The zero-order chi connectivity index (χ0) is 28.6. The van der Waals surface area contributed by atoms with Crippen LogP contribution in [0, 0.1) is 5.92 Å². The summed E-state index contributed by atoms with van der Waals surface area (Å²) in [6.07, 6.45) is 5.36. The molecule has 0 spiro atoms. The second-order valence-corrected chi connectivity index (χ2v) is 11.0. The maximum atomic E-state index is 13.5. The van der Waals surface area contributed by atoms with Crippen molar-refractivity contribution in [1.29, 1.82) is 0 Å². The minimum absolute atomic E-state index is 0.0347. The first-order valence-corrected chi connectivity index (χ1v) is 14.6. The first-order chi connectivity index (χ1) is 19.4. The third kappa shape index (κ3) is 6.87. The number of carboxylic acids is 1. The molecule has 11 heteroatoms. The molecule has 3 atom stereocenters. The summed E-state index contributed by atoms with van der Waals surface area (Å²) in [5.41, 5.74) is 7.01. The fraction of sp³-hybridized carbons (Fsp3) is 0.690. The summed E-state index contributed by atoms with van der Waals surface area (Å²) in [7, 11) is 0. The number of aliphatic carboxylic acids is 1. The number of benzene rings is 1. The number of hydrogen-bond donors (Lipinski definition) is 3. The van der Waals surface area contributed by atoms with E-state index in [1.807, 2.05) is 14.7 Å². The molecule has 2 saturated heterocycles. The van der Waals surface area contributed by atoms with E-state index in [9.17, 15) is 24.6 Å². The average Bonchev–Trinajstić information content (AvgIpc) is 3.57. The molecular formula is C29H44N4O7. The second kappa shape index (κ2) is 14.1. The molecular weight excluding hydrogens is 516 g/mol. The lowest BCUT2D eigenvalue weighted by molar-refractivity contribution is -0.144. The SMILES string of the molecule is CCCCN(CCCN)C(=O)CN1C[C@H](c2cc(CO)c3c(c2)OCO3)[C@@H](C(=O)O)[C@@H]1CCN1CCCCC1=O. The summed E-state index contributed by atoms with van der Waals surface area (Å²) in [4.78, 5) is 44.5. The summed E-state index contributed by atoms with van der Waals surface area (Å²) in [5, 5.41) is 20.5. The molecule has 3 aliphatic heterocycles. The highest BCUT2D eigenvalue weighted by atomic mass is 16.7. The van der Waals surface area contributed by atoms with Gasteiger partial charge in [-0.05, 0) is 56.3 Å². The molecule has 2 amide bonds. The van der Waals surface area contributed by atoms with E-state index in [0.29, 0.717) is 75.6 Å². The van der Waals surface area contributed by atoms with Gasteiger partial charge < -0.3 is 35.2 Å². The number of nitrogens with two attached hydrogens (primary N) is 1. The standard InChI is InChI=1S/C29H44N4O7/c1-2-3-10-31(12-6-9-30)26(36)17-33-16-22(20-14-21(18-34)28-24(15-20)39-19-40-28)27(29(37)38)23(33)8-13-32-11-5-4-7-25(32)35/h14-15,22-23,27,34H,2-13,16-19,30H2,1H3,(H,37,38)/t22-,23+,27-/m1/s1. The molecule has 2 fully saturated rings. The van der Waals surface area contributed by atoms with Gasteiger partial charge in [0.2, 0.25) is 18.6 Å². The molecule has 0 saturated carbocycles. The van der Waals surface area contributed by atoms with Crippen molar-refractivity contribution in [3.05, 3.63) is 23.3 Å². The van der Waals surface area contributed by atoms with Crippen LogP contribution in [0.5, 0.6) is 11.5 Å². The number of aliphatic hydroxyl groups is 1. The van der Waals surface area contributed by atoms with Crippen molar-refractivity contribution in [2.24, 2.45) is 11.7 Å². The maximum absolute atomic E-state index is 13.5. The summed E-state index contributed by atoms with van der Waals surface area (Å²) < 4.78 is 11.1. The monoisotopic (exact) mass is 560 g/mol. The molecule has 0 bridgehead atoms. The Kier molecular flexibility index (Phi) is 10.6. The molecule has 0 aromatic heterocycles. The number of hydrogen-bond acceptors (Lipinski definition) is 8. The van der Waals surface area contributed by atoms with Gasteiger partial charge in [-0.2, -0.15) is 0 Å². The minimum atomic E-state index is -0.941. The van der Waals surface area contributed by atoms with Crippen LogP contribution in [0.2, 0.25) is 0 Å². The molecule has 0 aliphatic carbocycles. The van der Waals surface area contributed by atoms with Gasteiger partial charge in [0.1, 0.15) is 0 Å². The van der Waals surface area contributed by atoms with Gasteiger partial charge in [0.15, 0.2) is 11.5 Å². The summed E-state index contributed by atoms with van der Waals surface area (Å²) in [6, 6.07) is 3.15.